The number of anilines is 1. The van der Waals surface area contributed by atoms with Gasteiger partial charge < -0.3 is 20.7 Å². The predicted octanol–water partition coefficient (Wildman–Crippen LogP) is 4.13. The van der Waals surface area contributed by atoms with Gasteiger partial charge in [0, 0.05) is 18.9 Å². The number of carbonyl (C=O) groups excluding carboxylic acids is 3. The van der Waals surface area contributed by atoms with Gasteiger partial charge in [-0.2, -0.15) is 0 Å². The van der Waals surface area contributed by atoms with Gasteiger partial charge in [0.05, 0.1) is 24.3 Å². The van der Waals surface area contributed by atoms with Crippen LogP contribution in [0.1, 0.15) is 60.9 Å². The van der Waals surface area contributed by atoms with Crippen LogP contribution in [-0.4, -0.2) is 35.5 Å². The fourth-order valence-corrected chi connectivity index (χ4v) is 4.08. The zero-order chi connectivity index (χ0) is 24.2. The van der Waals surface area contributed by atoms with Gasteiger partial charge in [-0.1, -0.05) is 61.7 Å². The zero-order valence-corrected chi connectivity index (χ0v) is 20.0. The zero-order valence-electron chi connectivity index (χ0n) is 19.2. The van der Waals surface area contributed by atoms with E-state index in [9.17, 15) is 14.4 Å². The maximum Gasteiger partial charge on any atom is 0.306 e. The van der Waals surface area contributed by atoms with E-state index in [1.54, 1.807) is 24.3 Å². The van der Waals surface area contributed by atoms with Crippen LogP contribution in [0.5, 0.6) is 0 Å². The first-order valence-electron chi connectivity index (χ1n) is 11.7. The van der Waals surface area contributed by atoms with Gasteiger partial charge in [-0.25, -0.2) is 0 Å². The molecule has 0 heterocycles. The number of benzene rings is 2. The summed E-state index contributed by atoms with van der Waals surface area (Å²) in [7, 11) is 0. The van der Waals surface area contributed by atoms with Crippen LogP contribution in [0.2, 0.25) is 0 Å². The van der Waals surface area contributed by atoms with Crippen LogP contribution in [0.15, 0.2) is 54.6 Å². The Labute approximate surface area is 205 Å². The van der Waals surface area contributed by atoms with Gasteiger partial charge >= 0.3 is 5.97 Å². The molecule has 0 bridgehead atoms. The molecule has 0 atom stereocenters. The van der Waals surface area contributed by atoms with Crippen LogP contribution in [0, 0.1) is 0 Å². The molecular formula is C26H31N3O4S. The molecule has 0 unspecified atom stereocenters. The number of esters is 1. The Morgan fingerprint density at radius 3 is 2.38 bits per heavy atom. The Bertz CT molecular complexity index is 991. The van der Waals surface area contributed by atoms with Gasteiger partial charge in [0.15, 0.2) is 5.11 Å². The van der Waals surface area contributed by atoms with Gasteiger partial charge in [-0.05, 0) is 42.8 Å². The molecule has 34 heavy (non-hydrogen) atoms. The van der Waals surface area contributed by atoms with Crippen molar-refractivity contribution in [2.24, 2.45) is 0 Å². The van der Waals surface area contributed by atoms with E-state index in [2.05, 4.69) is 16.0 Å². The van der Waals surface area contributed by atoms with Crippen LogP contribution in [0.3, 0.4) is 0 Å². The van der Waals surface area contributed by atoms with Crippen molar-refractivity contribution < 1.29 is 19.1 Å². The molecule has 3 rings (SSSR count). The lowest BCUT2D eigenvalue weighted by Gasteiger charge is -2.23. The van der Waals surface area contributed by atoms with Crippen LogP contribution in [-0.2, 0) is 20.7 Å². The molecule has 1 aliphatic carbocycles. The lowest BCUT2D eigenvalue weighted by Crippen LogP contribution is -2.37. The Morgan fingerprint density at radius 2 is 1.62 bits per heavy atom. The minimum absolute atomic E-state index is 0.0381. The summed E-state index contributed by atoms with van der Waals surface area (Å²) in [5.41, 5.74) is 2.06. The predicted molar refractivity (Wildman–Crippen MR) is 135 cm³/mol. The molecule has 2 aromatic rings. The maximum atomic E-state index is 12.8. The highest BCUT2D eigenvalue weighted by Gasteiger charge is 2.19. The Morgan fingerprint density at radius 1 is 0.912 bits per heavy atom. The average Bonchev–Trinajstić information content (AvgIpc) is 2.84. The van der Waals surface area contributed by atoms with E-state index in [1.165, 1.54) is 6.42 Å². The smallest absolute Gasteiger partial charge is 0.306 e. The van der Waals surface area contributed by atoms with Gasteiger partial charge in [-0.3, -0.25) is 14.4 Å². The van der Waals surface area contributed by atoms with E-state index in [0.717, 1.165) is 31.2 Å². The largest absolute Gasteiger partial charge is 0.465 e. The van der Waals surface area contributed by atoms with Crippen molar-refractivity contribution >= 4 is 40.8 Å². The summed E-state index contributed by atoms with van der Waals surface area (Å²) in [6.45, 7) is 0.268. The SMILES string of the molecule is O=C(CCC(=O)OCCc1ccccc1)NC(=S)Nc1ccccc1C(=O)NC1CCCCC1. The fourth-order valence-electron chi connectivity index (χ4n) is 3.86. The summed E-state index contributed by atoms with van der Waals surface area (Å²) >= 11 is 5.23. The molecule has 0 radical (unpaired) electrons. The van der Waals surface area contributed by atoms with E-state index in [1.807, 2.05) is 30.3 Å². The molecule has 0 aromatic heterocycles. The molecule has 180 valence electrons. The van der Waals surface area contributed by atoms with Crippen LogP contribution in [0.25, 0.3) is 0 Å². The Kier molecular flexibility index (Phi) is 10.0. The highest BCUT2D eigenvalue weighted by molar-refractivity contribution is 7.80. The Balaban J connectivity index is 1.40. The van der Waals surface area contributed by atoms with Crippen molar-refractivity contribution in [3.05, 3.63) is 65.7 Å². The molecule has 1 aliphatic rings. The molecule has 7 nitrogen and oxygen atoms in total. The van der Waals surface area contributed by atoms with Crippen molar-refractivity contribution in [1.82, 2.24) is 10.6 Å². The van der Waals surface area contributed by atoms with Gasteiger partial charge in [0.1, 0.15) is 0 Å². The number of para-hydroxylation sites is 1. The second-order valence-corrected chi connectivity index (χ2v) is 8.72. The number of ether oxygens (including phenoxy) is 1. The van der Waals surface area contributed by atoms with Crippen molar-refractivity contribution in [3.8, 4) is 0 Å². The highest BCUT2D eigenvalue weighted by atomic mass is 32.1. The average molecular weight is 482 g/mol. The first kappa shape index (κ1) is 25.4. The van der Waals surface area contributed by atoms with Crippen molar-refractivity contribution in [1.29, 1.82) is 0 Å². The summed E-state index contributed by atoms with van der Waals surface area (Å²) < 4.78 is 5.19. The quantitative estimate of drug-likeness (QED) is 0.368. The van der Waals surface area contributed by atoms with Crippen LogP contribution < -0.4 is 16.0 Å². The third-order valence-corrected chi connectivity index (χ3v) is 5.87. The molecule has 0 spiro atoms. The van der Waals surface area contributed by atoms with Gasteiger partial charge in [0.2, 0.25) is 5.91 Å². The molecule has 1 fully saturated rings. The molecular weight excluding hydrogens is 450 g/mol. The van der Waals surface area contributed by atoms with Crippen LogP contribution in [0.4, 0.5) is 5.69 Å². The Hall–Kier alpha value is -3.26. The van der Waals surface area contributed by atoms with Crippen molar-refractivity contribution in [3.63, 3.8) is 0 Å². The summed E-state index contributed by atoms with van der Waals surface area (Å²) in [6, 6.07) is 16.9. The van der Waals surface area contributed by atoms with Crippen molar-refractivity contribution in [2.75, 3.05) is 11.9 Å². The van der Waals surface area contributed by atoms with E-state index < -0.39 is 11.9 Å². The number of amides is 2. The second-order valence-electron chi connectivity index (χ2n) is 8.31. The first-order valence-corrected chi connectivity index (χ1v) is 12.1. The topological polar surface area (TPSA) is 96.5 Å². The first-order chi connectivity index (χ1) is 16.5. The summed E-state index contributed by atoms with van der Waals surface area (Å²) in [5, 5.41) is 8.64. The molecule has 3 N–H and O–H groups in total. The lowest BCUT2D eigenvalue weighted by molar-refractivity contribution is -0.144. The summed E-state index contributed by atoms with van der Waals surface area (Å²) in [4.78, 5) is 36.9. The molecule has 8 heteroatoms. The maximum absolute atomic E-state index is 12.8. The minimum atomic E-state index is -0.435. The van der Waals surface area contributed by atoms with Gasteiger partial charge in [-0.15, -0.1) is 0 Å². The van der Waals surface area contributed by atoms with E-state index in [-0.39, 0.29) is 36.5 Å². The minimum Gasteiger partial charge on any atom is -0.465 e. The number of thiocarbonyl (C=S) groups is 1. The third-order valence-electron chi connectivity index (χ3n) is 5.67. The third kappa shape index (κ3) is 8.59. The fraction of sp³-hybridized carbons (Fsp3) is 0.385. The lowest BCUT2D eigenvalue weighted by atomic mass is 9.95. The number of rotatable bonds is 9. The molecule has 2 amide bonds. The number of hydrogen-bond acceptors (Lipinski definition) is 5. The summed E-state index contributed by atoms with van der Waals surface area (Å²) in [5.74, 6) is -1.00. The van der Waals surface area contributed by atoms with Crippen LogP contribution >= 0.6 is 12.2 Å². The number of nitrogens with one attached hydrogen (secondary N) is 3. The molecule has 0 saturated heterocycles. The van der Waals surface area contributed by atoms with Gasteiger partial charge in [0.25, 0.3) is 5.91 Å². The van der Waals surface area contributed by atoms with E-state index in [4.69, 9.17) is 17.0 Å². The summed E-state index contributed by atoms with van der Waals surface area (Å²) in [6.07, 6.45) is 5.99. The van der Waals surface area contributed by atoms with E-state index >= 15 is 0 Å². The molecule has 0 aliphatic heterocycles. The molecule has 2 aromatic carbocycles. The monoisotopic (exact) mass is 481 g/mol. The second kappa shape index (κ2) is 13.4. The standard InChI is InChI=1S/C26H31N3O4S/c30-23(15-16-24(31)33-18-17-19-9-3-1-4-10-19)29-26(34)28-22-14-8-7-13-21(22)25(32)27-20-11-5-2-6-12-20/h1,3-4,7-10,13-14,20H,2,5-6,11-12,15-18H2,(H,27,32)(H2,28,29,30,34). The molecule has 1 saturated carbocycles. The van der Waals surface area contributed by atoms with E-state index in [0.29, 0.717) is 17.7 Å². The highest BCUT2D eigenvalue weighted by Crippen LogP contribution is 2.20. The van der Waals surface area contributed by atoms with Crippen molar-refractivity contribution in [2.45, 2.75) is 57.4 Å². The number of hydrogen-bond donors (Lipinski definition) is 3. The normalized spacial score (nSPS) is 13.5. The number of carbonyl (C=O) groups is 3.